The molecule has 14 nitrogen and oxygen atoms in total. The van der Waals surface area contributed by atoms with E-state index in [1.807, 2.05) is 24.3 Å². The Labute approximate surface area is 221 Å². The minimum Gasteiger partial charge on any atom is -0.493 e. The number of aliphatic hydroxyl groups excluding tert-OH is 2. The topological polar surface area (TPSA) is 221 Å². The largest absolute Gasteiger partial charge is 0.493 e. The zero-order chi connectivity index (χ0) is 28.9. The van der Waals surface area contributed by atoms with Crippen LogP contribution >= 0.6 is 0 Å². The van der Waals surface area contributed by atoms with Gasteiger partial charge in [-0.3, -0.25) is 10.0 Å². The van der Waals surface area contributed by atoms with E-state index < -0.39 is 30.1 Å². The summed E-state index contributed by atoms with van der Waals surface area (Å²) in [6.07, 6.45) is 2.98. The van der Waals surface area contributed by atoms with Gasteiger partial charge in [-0.1, -0.05) is 12.0 Å². The average Bonchev–Trinajstić information content (AvgIpc) is 2.94. The number of anilines is 2. The number of carboxylic acids is 2. The van der Waals surface area contributed by atoms with E-state index in [0.29, 0.717) is 29.3 Å². The van der Waals surface area contributed by atoms with Crippen molar-refractivity contribution in [3.63, 3.8) is 0 Å². The number of aliphatic carboxylic acids is 2. The monoisotopic (exact) mass is 542 g/mol. The van der Waals surface area contributed by atoms with Crippen LogP contribution in [0.5, 0.6) is 11.5 Å². The van der Waals surface area contributed by atoms with Gasteiger partial charge in [0.25, 0.3) is 0 Å². The molecule has 1 aromatic heterocycles. The molecule has 3 aromatic rings. The first-order chi connectivity index (χ1) is 18.6. The van der Waals surface area contributed by atoms with Crippen molar-refractivity contribution in [1.82, 2.24) is 15.4 Å². The number of carbonyl (C=O) groups excluding carboxylic acids is 1. The number of nitrogens with zero attached hydrogens (tertiary/aromatic N) is 2. The Kier molecular flexibility index (Phi) is 11.4. The number of carboxylic acid groups (broad SMARTS) is 2. The molecule has 3 rings (SSSR count). The third-order valence-corrected chi connectivity index (χ3v) is 4.95. The number of aliphatic hydroxyl groups is 2. The maximum atomic E-state index is 11.1. The minimum absolute atomic E-state index is 0.147. The summed E-state index contributed by atoms with van der Waals surface area (Å²) in [7, 11) is 1.54. The van der Waals surface area contributed by atoms with Gasteiger partial charge in [0.1, 0.15) is 12.1 Å². The van der Waals surface area contributed by atoms with E-state index >= 15 is 0 Å². The van der Waals surface area contributed by atoms with Crippen molar-refractivity contribution in [2.45, 2.75) is 25.0 Å². The van der Waals surface area contributed by atoms with Crippen molar-refractivity contribution < 1.29 is 49.5 Å². The van der Waals surface area contributed by atoms with E-state index in [2.05, 4.69) is 21.2 Å². The molecule has 0 aliphatic rings. The molecule has 14 heteroatoms. The van der Waals surface area contributed by atoms with E-state index in [4.69, 9.17) is 41.5 Å². The smallest absolute Gasteiger partial charge is 0.335 e. The first kappa shape index (κ1) is 30.3. The van der Waals surface area contributed by atoms with Crippen molar-refractivity contribution in [2.24, 2.45) is 0 Å². The van der Waals surface area contributed by atoms with Gasteiger partial charge in [-0.25, -0.2) is 25.0 Å². The third-order valence-electron chi connectivity index (χ3n) is 4.95. The lowest BCUT2D eigenvalue weighted by Gasteiger charge is -2.14. The standard InChI is InChI=1S/C21H20N4O4.C4H6O6/c1-3-14-6-4-7-15(10-14)24-21-16-11-19(29-9-5-8-20(26)25-27)18(28-2)12-17(16)22-13-23-21;5-1(3(7)8)2(6)4(9)10/h1,4,6-7,10-13,27H,5,8-9H2,2H3,(H,25,26)(H,22,23,24);1-2,5-6H,(H,7,8)(H,9,10). The SMILES string of the molecule is C#Cc1cccc(Nc2ncnc3cc(OC)c(OCCCC(=O)NO)cc23)c1.O=C(O)C(O)C(O)C(=O)O. The molecule has 1 heterocycles. The highest BCUT2D eigenvalue weighted by Crippen LogP contribution is 2.34. The quantitative estimate of drug-likeness (QED) is 0.0776. The number of methoxy groups -OCH3 is 1. The lowest BCUT2D eigenvalue weighted by Crippen LogP contribution is -2.39. The Morgan fingerprint density at radius 1 is 1.05 bits per heavy atom. The Bertz CT molecular complexity index is 1340. The van der Waals surface area contributed by atoms with Crippen LogP contribution in [0.1, 0.15) is 18.4 Å². The van der Waals surface area contributed by atoms with E-state index in [1.54, 1.807) is 24.7 Å². The summed E-state index contributed by atoms with van der Waals surface area (Å²) >= 11 is 0. The summed E-state index contributed by atoms with van der Waals surface area (Å²) in [5.74, 6) is 0.210. The molecule has 0 saturated carbocycles. The van der Waals surface area contributed by atoms with Gasteiger partial charge in [-0.2, -0.15) is 0 Å². The molecule has 0 fully saturated rings. The molecule has 39 heavy (non-hydrogen) atoms. The second kappa shape index (κ2) is 14.7. The van der Waals surface area contributed by atoms with Crippen LogP contribution in [0.2, 0.25) is 0 Å². The minimum atomic E-state index is -2.27. The summed E-state index contributed by atoms with van der Waals surface area (Å²) < 4.78 is 11.2. The van der Waals surface area contributed by atoms with Gasteiger partial charge in [-0.15, -0.1) is 6.42 Å². The van der Waals surface area contributed by atoms with Crippen LogP contribution in [0.25, 0.3) is 10.9 Å². The number of ether oxygens (including phenoxy) is 2. The fourth-order valence-electron chi connectivity index (χ4n) is 3.00. The van der Waals surface area contributed by atoms with Crippen LogP contribution in [0.4, 0.5) is 11.5 Å². The fourth-order valence-corrected chi connectivity index (χ4v) is 3.00. The molecule has 1 amide bonds. The molecular weight excluding hydrogens is 516 g/mol. The van der Waals surface area contributed by atoms with Gasteiger partial charge in [0.05, 0.1) is 19.2 Å². The van der Waals surface area contributed by atoms with Crippen molar-refractivity contribution in [3.05, 3.63) is 48.3 Å². The maximum absolute atomic E-state index is 11.1. The Hall–Kier alpha value is -4.97. The second-order valence-corrected chi connectivity index (χ2v) is 7.65. The molecule has 2 unspecified atom stereocenters. The Balaban J connectivity index is 0.000000455. The highest BCUT2D eigenvalue weighted by molar-refractivity contribution is 5.93. The number of benzene rings is 2. The van der Waals surface area contributed by atoms with E-state index in [0.717, 1.165) is 16.6 Å². The number of hydroxylamine groups is 1. The lowest BCUT2D eigenvalue weighted by molar-refractivity contribution is -0.165. The molecule has 0 aliphatic carbocycles. The average molecular weight is 543 g/mol. The number of terminal acetylenes is 1. The van der Waals surface area contributed by atoms with Gasteiger partial charge in [-0.05, 0) is 30.7 Å². The summed E-state index contributed by atoms with van der Waals surface area (Å²) in [6.45, 7) is 0.274. The number of amides is 1. The molecule has 2 atom stereocenters. The van der Waals surface area contributed by atoms with Crippen molar-refractivity contribution in [2.75, 3.05) is 19.0 Å². The molecule has 0 bridgehead atoms. The molecule has 7 N–H and O–H groups in total. The zero-order valence-corrected chi connectivity index (χ0v) is 20.6. The molecular formula is C25H26N4O10. The van der Waals surface area contributed by atoms with Gasteiger partial charge in [0.15, 0.2) is 23.7 Å². The summed E-state index contributed by atoms with van der Waals surface area (Å²) in [5.41, 5.74) is 3.83. The second-order valence-electron chi connectivity index (χ2n) is 7.65. The van der Waals surface area contributed by atoms with Crippen LogP contribution in [-0.4, -0.2) is 79.4 Å². The molecule has 0 spiro atoms. The zero-order valence-electron chi connectivity index (χ0n) is 20.6. The number of nitrogens with one attached hydrogen (secondary N) is 2. The van der Waals surface area contributed by atoms with Crippen LogP contribution in [0.15, 0.2) is 42.7 Å². The van der Waals surface area contributed by atoms with Gasteiger partial charge < -0.3 is 35.2 Å². The molecule has 2 aromatic carbocycles. The number of aromatic nitrogens is 2. The molecule has 0 radical (unpaired) electrons. The van der Waals surface area contributed by atoms with E-state index in [9.17, 15) is 14.4 Å². The lowest BCUT2D eigenvalue weighted by atomic mass is 10.2. The summed E-state index contributed by atoms with van der Waals surface area (Å²) in [5, 5.41) is 45.1. The van der Waals surface area contributed by atoms with Gasteiger partial charge >= 0.3 is 11.9 Å². The molecule has 206 valence electrons. The number of rotatable bonds is 11. The van der Waals surface area contributed by atoms with Crippen molar-refractivity contribution in [3.8, 4) is 23.8 Å². The van der Waals surface area contributed by atoms with E-state index in [1.165, 1.54) is 6.33 Å². The predicted octanol–water partition coefficient (Wildman–Crippen LogP) is 0.905. The summed E-state index contributed by atoms with van der Waals surface area (Å²) in [4.78, 5) is 39.3. The third kappa shape index (κ3) is 8.83. The highest BCUT2D eigenvalue weighted by Gasteiger charge is 2.29. The van der Waals surface area contributed by atoms with Crippen LogP contribution < -0.4 is 20.3 Å². The number of fused-ring (bicyclic) bond motifs is 1. The fraction of sp³-hybridized carbons (Fsp3) is 0.240. The van der Waals surface area contributed by atoms with Crippen LogP contribution in [0.3, 0.4) is 0 Å². The van der Waals surface area contributed by atoms with Crippen LogP contribution in [0, 0.1) is 12.3 Å². The molecule has 0 saturated heterocycles. The first-order valence-electron chi connectivity index (χ1n) is 11.1. The van der Waals surface area contributed by atoms with Gasteiger partial charge in [0.2, 0.25) is 5.91 Å². The Morgan fingerprint density at radius 3 is 2.33 bits per heavy atom. The normalized spacial score (nSPS) is 11.7. The predicted molar refractivity (Wildman–Crippen MR) is 136 cm³/mol. The maximum Gasteiger partial charge on any atom is 0.335 e. The summed E-state index contributed by atoms with van der Waals surface area (Å²) in [6, 6.07) is 11.0. The number of hydrogen-bond donors (Lipinski definition) is 7. The van der Waals surface area contributed by atoms with E-state index in [-0.39, 0.29) is 13.0 Å². The van der Waals surface area contributed by atoms with Crippen LogP contribution in [-0.2, 0) is 14.4 Å². The van der Waals surface area contributed by atoms with Crippen molar-refractivity contribution >= 4 is 40.3 Å². The number of carbonyl (C=O) groups is 3. The molecule has 0 aliphatic heterocycles. The van der Waals surface area contributed by atoms with Crippen molar-refractivity contribution in [1.29, 1.82) is 0 Å². The Morgan fingerprint density at radius 2 is 1.74 bits per heavy atom. The van der Waals surface area contributed by atoms with Gasteiger partial charge in [0, 0.05) is 29.1 Å². The number of hydrogen-bond acceptors (Lipinski definition) is 11. The first-order valence-corrected chi connectivity index (χ1v) is 11.1. The highest BCUT2D eigenvalue weighted by atomic mass is 16.5.